The highest BCUT2D eigenvalue weighted by atomic mass is 16.4. The Kier molecular flexibility index (Phi) is 11.0. The lowest BCUT2D eigenvalue weighted by molar-refractivity contribution is -0.138. The number of aliphatic carboxylic acids is 2. The Hall–Kier alpha value is -1.06. The first kappa shape index (κ1) is 19.9. The third-order valence-corrected chi connectivity index (χ3v) is 4.16. The summed E-state index contributed by atoms with van der Waals surface area (Å²) in [7, 11) is 0. The Morgan fingerprint density at radius 1 is 0.714 bits per heavy atom. The summed E-state index contributed by atoms with van der Waals surface area (Å²) in [4.78, 5) is 21.1. The molecule has 3 unspecified atom stereocenters. The van der Waals surface area contributed by atoms with E-state index in [4.69, 9.17) is 10.2 Å². The molecule has 21 heavy (non-hydrogen) atoms. The highest BCUT2D eigenvalue weighted by molar-refractivity contribution is 5.67. The Morgan fingerprint density at radius 2 is 1.14 bits per heavy atom. The van der Waals surface area contributed by atoms with Gasteiger partial charge in [-0.1, -0.05) is 59.3 Å². The fourth-order valence-corrected chi connectivity index (χ4v) is 2.69. The van der Waals surface area contributed by atoms with Crippen LogP contribution in [-0.4, -0.2) is 22.2 Å². The van der Waals surface area contributed by atoms with Crippen molar-refractivity contribution in [1.29, 1.82) is 0 Å². The lowest BCUT2D eigenvalue weighted by Gasteiger charge is -2.15. The van der Waals surface area contributed by atoms with Crippen LogP contribution in [0.1, 0.15) is 78.6 Å². The van der Waals surface area contributed by atoms with Crippen LogP contribution in [0.3, 0.4) is 0 Å². The van der Waals surface area contributed by atoms with E-state index in [1.807, 2.05) is 6.92 Å². The molecule has 0 amide bonds. The van der Waals surface area contributed by atoms with E-state index in [9.17, 15) is 9.59 Å². The van der Waals surface area contributed by atoms with Crippen LogP contribution in [-0.2, 0) is 9.59 Å². The zero-order valence-electron chi connectivity index (χ0n) is 13.8. The van der Waals surface area contributed by atoms with Crippen molar-refractivity contribution in [3.63, 3.8) is 0 Å². The quantitative estimate of drug-likeness (QED) is 0.522. The molecule has 0 saturated carbocycles. The topological polar surface area (TPSA) is 74.6 Å². The molecule has 0 aliphatic heterocycles. The summed E-state index contributed by atoms with van der Waals surface area (Å²) in [6.45, 7) is 6.38. The number of hydrogen-bond acceptors (Lipinski definition) is 2. The Balaban J connectivity index is 3.55. The molecular formula is C17H32O4. The van der Waals surface area contributed by atoms with Crippen LogP contribution in [0.25, 0.3) is 0 Å². The van der Waals surface area contributed by atoms with Gasteiger partial charge in [0, 0.05) is 12.8 Å². The van der Waals surface area contributed by atoms with Crippen molar-refractivity contribution in [2.45, 2.75) is 78.6 Å². The van der Waals surface area contributed by atoms with Gasteiger partial charge >= 0.3 is 11.9 Å². The molecule has 3 atom stereocenters. The maximum Gasteiger partial charge on any atom is 0.303 e. The number of carbonyl (C=O) groups is 2. The van der Waals surface area contributed by atoms with Crippen LogP contribution >= 0.6 is 0 Å². The summed E-state index contributed by atoms with van der Waals surface area (Å²) >= 11 is 0. The zero-order valence-corrected chi connectivity index (χ0v) is 13.8. The van der Waals surface area contributed by atoms with Gasteiger partial charge in [0.25, 0.3) is 0 Å². The van der Waals surface area contributed by atoms with Crippen LogP contribution < -0.4 is 0 Å². The first-order valence-electron chi connectivity index (χ1n) is 8.24. The zero-order chi connectivity index (χ0) is 16.3. The third kappa shape index (κ3) is 13.7. The van der Waals surface area contributed by atoms with E-state index in [1.54, 1.807) is 0 Å². The molecular weight excluding hydrogens is 268 g/mol. The van der Waals surface area contributed by atoms with Crippen LogP contribution in [0.4, 0.5) is 0 Å². The van der Waals surface area contributed by atoms with Crippen LogP contribution in [0, 0.1) is 17.8 Å². The summed E-state index contributed by atoms with van der Waals surface area (Å²) in [5.41, 5.74) is 0. The third-order valence-electron chi connectivity index (χ3n) is 4.16. The van der Waals surface area contributed by atoms with E-state index in [0.29, 0.717) is 11.8 Å². The van der Waals surface area contributed by atoms with Gasteiger partial charge in [-0.3, -0.25) is 9.59 Å². The Bertz CT molecular complexity index is 301. The van der Waals surface area contributed by atoms with Gasteiger partial charge in [-0.15, -0.1) is 0 Å². The SMILES string of the molecule is CC(CCCC(C)CCC(=O)O)CCCC(C)CC(=O)O. The maximum absolute atomic E-state index is 10.6. The van der Waals surface area contributed by atoms with E-state index in [0.717, 1.165) is 38.5 Å². The lowest BCUT2D eigenvalue weighted by atomic mass is 9.91. The molecule has 0 radical (unpaired) electrons. The van der Waals surface area contributed by atoms with Gasteiger partial charge in [0.1, 0.15) is 0 Å². The molecule has 0 bridgehead atoms. The second-order valence-electron chi connectivity index (χ2n) is 6.71. The van der Waals surface area contributed by atoms with Gasteiger partial charge in [-0.05, 0) is 24.2 Å². The Labute approximate surface area is 128 Å². The molecule has 124 valence electrons. The molecule has 0 heterocycles. The van der Waals surface area contributed by atoms with E-state index < -0.39 is 11.9 Å². The molecule has 0 aliphatic carbocycles. The number of carboxylic acid groups (broad SMARTS) is 2. The largest absolute Gasteiger partial charge is 0.481 e. The molecule has 0 spiro atoms. The molecule has 0 aliphatic rings. The van der Waals surface area contributed by atoms with Gasteiger partial charge in [0.2, 0.25) is 0 Å². The number of carboxylic acids is 2. The molecule has 0 aromatic carbocycles. The minimum atomic E-state index is -0.703. The maximum atomic E-state index is 10.6. The standard InChI is InChI=1S/C17H32O4/c1-13(7-5-9-15(3)12-17(20)21)6-4-8-14(2)10-11-16(18)19/h13-15H,4-12H2,1-3H3,(H,18,19)(H,20,21). The van der Waals surface area contributed by atoms with Crippen LogP contribution in [0.2, 0.25) is 0 Å². The van der Waals surface area contributed by atoms with Gasteiger partial charge in [0.05, 0.1) is 0 Å². The second-order valence-corrected chi connectivity index (χ2v) is 6.71. The minimum Gasteiger partial charge on any atom is -0.481 e. The normalized spacial score (nSPS) is 15.4. The van der Waals surface area contributed by atoms with Crippen molar-refractivity contribution in [3.8, 4) is 0 Å². The molecule has 0 fully saturated rings. The Morgan fingerprint density at radius 3 is 1.57 bits per heavy atom. The predicted molar refractivity (Wildman–Crippen MR) is 84.3 cm³/mol. The highest BCUT2D eigenvalue weighted by Gasteiger charge is 2.10. The molecule has 0 saturated heterocycles. The summed E-state index contributed by atoms with van der Waals surface area (Å²) in [6, 6.07) is 0. The van der Waals surface area contributed by atoms with Crippen molar-refractivity contribution in [3.05, 3.63) is 0 Å². The number of hydrogen-bond donors (Lipinski definition) is 2. The number of rotatable bonds is 13. The molecule has 4 heteroatoms. The summed E-state index contributed by atoms with van der Waals surface area (Å²) < 4.78 is 0. The first-order chi connectivity index (χ1) is 9.81. The molecule has 0 aromatic heterocycles. The van der Waals surface area contributed by atoms with Gasteiger partial charge < -0.3 is 10.2 Å². The molecule has 2 N–H and O–H groups in total. The smallest absolute Gasteiger partial charge is 0.303 e. The minimum absolute atomic E-state index is 0.269. The van der Waals surface area contributed by atoms with Gasteiger partial charge in [-0.25, -0.2) is 0 Å². The summed E-state index contributed by atoms with van der Waals surface area (Å²) in [6.07, 6.45) is 8.03. The molecule has 0 aromatic rings. The summed E-state index contributed by atoms with van der Waals surface area (Å²) in [5.74, 6) is 0.0277. The second kappa shape index (κ2) is 11.6. The fourth-order valence-electron chi connectivity index (χ4n) is 2.69. The lowest BCUT2D eigenvalue weighted by Crippen LogP contribution is -2.05. The van der Waals surface area contributed by atoms with Crippen molar-refractivity contribution < 1.29 is 19.8 Å². The van der Waals surface area contributed by atoms with Gasteiger partial charge in [0.15, 0.2) is 0 Å². The van der Waals surface area contributed by atoms with E-state index in [-0.39, 0.29) is 18.8 Å². The van der Waals surface area contributed by atoms with E-state index >= 15 is 0 Å². The van der Waals surface area contributed by atoms with Crippen molar-refractivity contribution in [2.24, 2.45) is 17.8 Å². The van der Waals surface area contributed by atoms with Crippen molar-refractivity contribution >= 4 is 11.9 Å². The van der Waals surface area contributed by atoms with E-state index in [2.05, 4.69) is 13.8 Å². The van der Waals surface area contributed by atoms with E-state index in [1.165, 1.54) is 6.42 Å². The van der Waals surface area contributed by atoms with Crippen molar-refractivity contribution in [2.75, 3.05) is 0 Å². The average molecular weight is 300 g/mol. The molecule has 4 nitrogen and oxygen atoms in total. The van der Waals surface area contributed by atoms with Crippen molar-refractivity contribution in [1.82, 2.24) is 0 Å². The highest BCUT2D eigenvalue weighted by Crippen LogP contribution is 2.21. The fraction of sp³-hybridized carbons (Fsp3) is 0.882. The average Bonchev–Trinajstić information content (AvgIpc) is 2.35. The first-order valence-corrected chi connectivity index (χ1v) is 8.24. The molecule has 0 rings (SSSR count). The van der Waals surface area contributed by atoms with Gasteiger partial charge in [-0.2, -0.15) is 0 Å². The predicted octanol–water partition coefficient (Wildman–Crippen LogP) is 4.57. The van der Waals surface area contributed by atoms with Crippen LogP contribution in [0.5, 0.6) is 0 Å². The monoisotopic (exact) mass is 300 g/mol. The van der Waals surface area contributed by atoms with Crippen LogP contribution in [0.15, 0.2) is 0 Å². The summed E-state index contributed by atoms with van der Waals surface area (Å²) in [5, 5.41) is 17.3.